The fraction of sp³-hybridized carbons (Fsp3) is 0.304. The molecule has 2 aliphatic carbocycles. The molecular weight excluding hydrogens is 398 g/mol. The van der Waals surface area contributed by atoms with Gasteiger partial charge in [-0.3, -0.25) is 19.3 Å². The molecule has 1 aromatic heterocycles. The highest BCUT2D eigenvalue weighted by atomic mass is 32.1. The summed E-state index contributed by atoms with van der Waals surface area (Å²) in [4.78, 5) is 40.7. The van der Waals surface area contributed by atoms with Gasteiger partial charge in [0.1, 0.15) is 11.1 Å². The van der Waals surface area contributed by atoms with Crippen LogP contribution in [0.1, 0.15) is 32.8 Å². The molecule has 4 atom stereocenters. The highest BCUT2D eigenvalue weighted by Gasteiger charge is 2.59. The van der Waals surface area contributed by atoms with Gasteiger partial charge >= 0.3 is 0 Å². The molecule has 0 spiro atoms. The SMILES string of the molecule is Cc1sc(NC(=O)c2ccc(N3C(=O)[C@@H]4[C@H](C3=O)[C@@H]3C=C[C@H]4C3)cc2)c(C#N)c1C. The van der Waals surface area contributed by atoms with Crippen LogP contribution in [0.4, 0.5) is 10.7 Å². The number of anilines is 2. The lowest BCUT2D eigenvalue weighted by molar-refractivity contribution is -0.123. The van der Waals surface area contributed by atoms with Gasteiger partial charge in [0.25, 0.3) is 5.91 Å². The molecule has 1 saturated heterocycles. The van der Waals surface area contributed by atoms with Crippen LogP contribution in [-0.2, 0) is 9.59 Å². The third-order valence-electron chi connectivity index (χ3n) is 6.58. The van der Waals surface area contributed by atoms with Crippen LogP contribution in [0.25, 0.3) is 0 Å². The van der Waals surface area contributed by atoms with Gasteiger partial charge in [-0.15, -0.1) is 11.3 Å². The summed E-state index contributed by atoms with van der Waals surface area (Å²) in [6, 6.07) is 8.62. The number of thiophene rings is 1. The van der Waals surface area contributed by atoms with E-state index in [4.69, 9.17) is 0 Å². The van der Waals surface area contributed by atoms with E-state index in [1.165, 1.54) is 16.2 Å². The molecule has 0 unspecified atom stereocenters. The number of rotatable bonds is 3. The van der Waals surface area contributed by atoms with Crippen molar-refractivity contribution in [3.63, 3.8) is 0 Å². The summed E-state index contributed by atoms with van der Waals surface area (Å²) < 4.78 is 0. The zero-order valence-electron chi connectivity index (χ0n) is 16.5. The number of nitrogens with one attached hydrogen (secondary N) is 1. The summed E-state index contributed by atoms with van der Waals surface area (Å²) in [5, 5.41) is 12.7. The van der Waals surface area contributed by atoms with Gasteiger partial charge in [0.05, 0.1) is 23.1 Å². The number of nitriles is 1. The molecule has 2 heterocycles. The molecule has 7 heteroatoms. The molecular formula is C23H19N3O3S. The van der Waals surface area contributed by atoms with E-state index in [2.05, 4.69) is 23.5 Å². The summed E-state index contributed by atoms with van der Waals surface area (Å²) in [5.74, 6) is -0.769. The number of carbonyl (C=O) groups is 3. The molecule has 150 valence electrons. The lowest BCUT2D eigenvalue weighted by Crippen LogP contribution is -2.32. The number of hydrogen-bond acceptors (Lipinski definition) is 5. The molecule has 1 N–H and O–H groups in total. The van der Waals surface area contributed by atoms with Gasteiger partial charge in [0.2, 0.25) is 11.8 Å². The van der Waals surface area contributed by atoms with E-state index in [0.717, 1.165) is 16.9 Å². The number of allylic oxidation sites excluding steroid dienone is 2. The molecule has 2 bridgehead atoms. The lowest BCUT2D eigenvalue weighted by Gasteiger charge is -2.17. The minimum atomic E-state index is -0.336. The normalized spacial score (nSPS) is 26.2. The number of aryl methyl sites for hydroxylation is 1. The molecule has 2 aromatic rings. The van der Waals surface area contributed by atoms with E-state index in [1.807, 2.05) is 13.8 Å². The van der Waals surface area contributed by atoms with Gasteiger partial charge in [-0.1, -0.05) is 12.2 Å². The van der Waals surface area contributed by atoms with Gasteiger partial charge in [-0.05, 0) is 61.9 Å². The van der Waals surface area contributed by atoms with Gasteiger partial charge in [0.15, 0.2) is 0 Å². The Bertz CT molecular complexity index is 1140. The summed E-state index contributed by atoms with van der Waals surface area (Å²) >= 11 is 1.37. The second-order valence-corrected chi connectivity index (χ2v) is 9.34. The zero-order chi connectivity index (χ0) is 21.2. The minimum Gasteiger partial charge on any atom is -0.312 e. The second-order valence-electron chi connectivity index (χ2n) is 8.11. The van der Waals surface area contributed by atoms with Gasteiger partial charge < -0.3 is 5.32 Å². The summed E-state index contributed by atoms with van der Waals surface area (Å²) in [6.45, 7) is 3.77. The molecule has 2 fully saturated rings. The van der Waals surface area contributed by atoms with Crippen LogP contribution in [-0.4, -0.2) is 17.7 Å². The average Bonchev–Trinajstić information content (AvgIpc) is 3.47. The van der Waals surface area contributed by atoms with E-state index in [1.54, 1.807) is 24.3 Å². The number of fused-ring (bicyclic) bond motifs is 5. The maximum Gasteiger partial charge on any atom is 0.256 e. The Balaban J connectivity index is 1.36. The Labute approximate surface area is 177 Å². The van der Waals surface area contributed by atoms with Crippen LogP contribution in [0.3, 0.4) is 0 Å². The van der Waals surface area contributed by atoms with Gasteiger partial charge in [0, 0.05) is 10.4 Å². The first-order chi connectivity index (χ1) is 14.4. The van der Waals surface area contributed by atoms with E-state index < -0.39 is 0 Å². The Morgan fingerprint density at radius 3 is 2.27 bits per heavy atom. The molecule has 1 aliphatic heterocycles. The van der Waals surface area contributed by atoms with Crippen molar-refractivity contribution in [2.24, 2.45) is 23.7 Å². The highest BCUT2D eigenvalue weighted by Crippen LogP contribution is 2.53. The van der Waals surface area contributed by atoms with Crippen molar-refractivity contribution in [2.75, 3.05) is 10.2 Å². The van der Waals surface area contributed by atoms with Crippen LogP contribution >= 0.6 is 11.3 Å². The average molecular weight is 417 g/mol. The second kappa shape index (κ2) is 6.64. The maximum atomic E-state index is 12.9. The standard InChI is InChI=1S/C23H19N3O3S/c1-11-12(2)30-21(17(11)10-24)25-20(27)13-5-7-16(8-6-13)26-22(28)18-14-3-4-15(9-14)19(18)23(26)29/h3-8,14-15,18-19H,9H2,1-2H3,(H,25,27)/t14-,15+,18-,19+. The quantitative estimate of drug-likeness (QED) is 0.608. The van der Waals surface area contributed by atoms with E-state index in [9.17, 15) is 19.6 Å². The van der Waals surface area contributed by atoms with Crippen molar-refractivity contribution in [2.45, 2.75) is 20.3 Å². The fourth-order valence-electron chi connectivity index (χ4n) is 4.94. The minimum absolute atomic E-state index is 0.137. The van der Waals surface area contributed by atoms with Crippen LogP contribution < -0.4 is 10.2 Å². The van der Waals surface area contributed by atoms with Crippen molar-refractivity contribution in [1.29, 1.82) is 5.26 Å². The third kappa shape index (κ3) is 2.57. The predicted octanol–water partition coefficient (Wildman–Crippen LogP) is 3.80. The Kier molecular flexibility index (Phi) is 4.16. The molecule has 6 nitrogen and oxygen atoms in total. The van der Waals surface area contributed by atoms with Crippen LogP contribution in [0.15, 0.2) is 36.4 Å². The monoisotopic (exact) mass is 417 g/mol. The van der Waals surface area contributed by atoms with Crippen molar-refractivity contribution in [1.82, 2.24) is 0 Å². The van der Waals surface area contributed by atoms with Gasteiger partial charge in [-0.2, -0.15) is 5.26 Å². The van der Waals surface area contributed by atoms with Crippen LogP contribution in [0, 0.1) is 48.9 Å². The van der Waals surface area contributed by atoms with Crippen molar-refractivity contribution in [3.05, 3.63) is 58.0 Å². The first-order valence-electron chi connectivity index (χ1n) is 9.88. The van der Waals surface area contributed by atoms with Crippen LogP contribution in [0.2, 0.25) is 0 Å². The van der Waals surface area contributed by atoms with Crippen molar-refractivity contribution >= 4 is 39.7 Å². The zero-order valence-corrected chi connectivity index (χ0v) is 17.3. The Morgan fingerprint density at radius 2 is 1.70 bits per heavy atom. The first-order valence-corrected chi connectivity index (χ1v) is 10.7. The number of nitrogens with zero attached hydrogens (tertiary/aromatic N) is 2. The lowest BCUT2D eigenvalue weighted by atomic mass is 9.85. The maximum absolute atomic E-state index is 12.9. The fourth-order valence-corrected chi connectivity index (χ4v) is 5.95. The smallest absolute Gasteiger partial charge is 0.256 e. The van der Waals surface area contributed by atoms with Crippen molar-refractivity contribution in [3.8, 4) is 6.07 Å². The highest BCUT2D eigenvalue weighted by molar-refractivity contribution is 7.16. The predicted molar refractivity (Wildman–Crippen MR) is 113 cm³/mol. The summed E-state index contributed by atoms with van der Waals surface area (Å²) in [6.07, 6.45) is 5.03. The Morgan fingerprint density at radius 1 is 1.10 bits per heavy atom. The topological polar surface area (TPSA) is 90.3 Å². The number of imide groups is 1. The van der Waals surface area contributed by atoms with Gasteiger partial charge in [-0.25, -0.2) is 0 Å². The molecule has 3 aliphatic rings. The molecule has 1 aromatic carbocycles. The Hall–Kier alpha value is -3.24. The number of hydrogen-bond donors (Lipinski definition) is 1. The molecule has 3 amide bonds. The summed E-state index contributed by atoms with van der Waals surface area (Å²) in [5.41, 5.74) is 2.24. The molecule has 30 heavy (non-hydrogen) atoms. The molecule has 0 radical (unpaired) electrons. The van der Waals surface area contributed by atoms with Crippen LogP contribution in [0.5, 0.6) is 0 Å². The number of carbonyl (C=O) groups excluding carboxylic acids is 3. The molecule has 5 rings (SSSR count). The number of amides is 3. The summed E-state index contributed by atoms with van der Waals surface area (Å²) in [7, 11) is 0. The molecule has 1 saturated carbocycles. The van der Waals surface area contributed by atoms with E-state index in [-0.39, 0.29) is 41.4 Å². The largest absolute Gasteiger partial charge is 0.312 e. The first kappa shape index (κ1) is 18.8. The van der Waals surface area contributed by atoms with Crippen molar-refractivity contribution < 1.29 is 14.4 Å². The van der Waals surface area contributed by atoms with E-state index in [0.29, 0.717) is 21.8 Å². The third-order valence-corrected chi connectivity index (χ3v) is 7.70. The van der Waals surface area contributed by atoms with E-state index >= 15 is 0 Å². The number of benzene rings is 1.